The SMILES string of the molecule is CCOC(=O)CCNc1nc(N)nc(OC(C)C)n1. The summed E-state index contributed by atoms with van der Waals surface area (Å²) in [5.41, 5.74) is 5.54. The Labute approximate surface area is 111 Å². The molecule has 0 aliphatic carbocycles. The second-order valence-electron chi connectivity index (χ2n) is 3.95. The van der Waals surface area contributed by atoms with Gasteiger partial charge in [0.2, 0.25) is 11.9 Å². The molecule has 8 heteroatoms. The molecule has 106 valence electrons. The first-order chi connectivity index (χ1) is 9.01. The summed E-state index contributed by atoms with van der Waals surface area (Å²) in [7, 11) is 0. The maximum atomic E-state index is 11.1. The molecule has 0 unspecified atom stereocenters. The Bertz CT molecular complexity index is 425. The summed E-state index contributed by atoms with van der Waals surface area (Å²) < 4.78 is 10.1. The van der Waals surface area contributed by atoms with E-state index in [4.69, 9.17) is 15.2 Å². The maximum absolute atomic E-state index is 11.1. The number of anilines is 2. The number of nitrogens with one attached hydrogen (secondary N) is 1. The van der Waals surface area contributed by atoms with Gasteiger partial charge in [0, 0.05) is 6.54 Å². The van der Waals surface area contributed by atoms with Gasteiger partial charge in [-0.25, -0.2) is 0 Å². The largest absolute Gasteiger partial charge is 0.466 e. The second-order valence-corrected chi connectivity index (χ2v) is 3.95. The monoisotopic (exact) mass is 269 g/mol. The van der Waals surface area contributed by atoms with Gasteiger partial charge < -0.3 is 20.5 Å². The molecule has 0 aromatic carbocycles. The zero-order chi connectivity index (χ0) is 14.3. The lowest BCUT2D eigenvalue weighted by Gasteiger charge is -2.09. The van der Waals surface area contributed by atoms with E-state index in [1.807, 2.05) is 13.8 Å². The van der Waals surface area contributed by atoms with Gasteiger partial charge in [-0.15, -0.1) is 0 Å². The van der Waals surface area contributed by atoms with Gasteiger partial charge in [0.25, 0.3) is 0 Å². The van der Waals surface area contributed by atoms with E-state index >= 15 is 0 Å². The van der Waals surface area contributed by atoms with E-state index in [1.165, 1.54) is 0 Å². The van der Waals surface area contributed by atoms with Gasteiger partial charge in [-0.05, 0) is 20.8 Å². The quantitative estimate of drug-likeness (QED) is 0.692. The zero-order valence-electron chi connectivity index (χ0n) is 11.3. The van der Waals surface area contributed by atoms with Gasteiger partial charge in [0.15, 0.2) is 0 Å². The van der Waals surface area contributed by atoms with Crippen molar-refractivity contribution in [1.29, 1.82) is 0 Å². The summed E-state index contributed by atoms with van der Waals surface area (Å²) >= 11 is 0. The highest BCUT2D eigenvalue weighted by molar-refractivity contribution is 5.69. The Balaban J connectivity index is 2.53. The third-order valence-corrected chi connectivity index (χ3v) is 1.89. The van der Waals surface area contributed by atoms with E-state index in [0.29, 0.717) is 13.2 Å². The Hall–Kier alpha value is -2.12. The van der Waals surface area contributed by atoms with Crippen LogP contribution in [-0.4, -0.2) is 40.2 Å². The molecule has 8 nitrogen and oxygen atoms in total. The normalized spacial score (nSPS) is 10.3. The summed E-state index contributed by atoms with van der Waals surface area (Å²) in [5, 5.41) is 2.87. The van der Waals surface area contributed by atoms with Crippen LogP contribution in [0.3, 0.4) is 0 Å². The van der Waals surface area contributed by atoms with Gasteiger partial charge in [-0.1, -0.05) is 0 Å². The van der Waals surface area contributed by atoms with Crippen molar-refractivity contribution in [3.8, 4) is 6.01 Å². The average Bonchev–Trinajstić information content (AvgIpc) is 2.27. The van der Waals surface area contributed by atoms with Crippen molar-refractivity contribution in [2.24, 2.45) is 0 Å². The Kier molecular flexibility index (Phi) is 5.77. The molecule has 0 spiro atoms. The van der Waals surface area contributed by atoms with Gasteiger partial charge in [0.05, 0.1) is 19.1 Å². The first kappa shape index (κ1) is 14.9. The highest BCUT2D eigenvalue weighted by atomic mass is 16.5. The lowest BCUT2D eigenvalue weighted by atomic mass is 10.4. The molecular formula is C11H19N5O3. The molecular weight excluding hydrogens is 250 g/mol. The average molecular weight is 269 g/mol. The molecule has 0 saturated heterocycles. The van der Waals surface area contributed by atoms with Crippen molar-refractivity contribution in [2.45, 2.75) is 33.3 Å². The number of nitrogen functional groups attached to an aromatic ring is 1. The molecule has 19 heavy (non-hydrogen) atoms. The van der Waals surface area contributed by atoms with E-state index in [9.17, 15) is 4.79 Å². The van der Waals surface area contributed by atoms with Crippen molar-refractivity contribution in [2.75, 3.05) is 24.2 Å². The van der Waals surface area contributed by atoms with Crippen LogP contribution in [0.25, 0.3) is 0 Å². The molecule has 0 bridgehead atoms. The Morgan fingerprint density at radius 1 is 1.37 bits per heavy atom. The number of nitrogens with zero attached hydrogens (tertiary/aromatic N) is 3. The molecule has 1 aromatic rings. The number of hydrogen-bond donors (Lipinski definition) is 2. The lowest BCUT2D eigenvalue weighted by Crippen LogP contribution is -2.15. The van der Waals surface area contributed by atoms with Gasteiger partial charge >= 0.3 is 12.0 Å². The number of nitrogens with two attached hydrogens (primary N) is 1. The molecule has 1 heterocycles. The van der Waals surface area contributed by atoms with Crippen LogP contribution in [-0.2, 0) is 9.53 Å². The van der Waals surface area contributed by atoms with Crippen LogP contribution in [0.2, 0.25) is 0 Å². The smallest absolute Gasteiger partial charge is 0.323 e. The Morgan fingerprint density at radius 2 is 2.11 bits per heavy atom. The van der Waals surface area contributed by atoms with E-state index in [0.717, 1.165) is 0 Å². The van der Waals surface area contributed by atoms with Gasteiger partial charge in [0.1, 0.15) is 0 Å². The van der Waals surface area contributed by atoms with Crippen molar-refractivity contribution in [1.82, 2.24) is 15.0 Å². The number of rotatable bonds is 7. The molecule has 1 rings (SSSR count). The number of aromatic nitrogens is 3. The predicted molar refractivity (Wildman–Crippen MR) is 69.7 cm³/mol. The third kappa shape index (κ3) is 5.84. The number of hydrogen-bond acceptors (Lipinski definition) is 8. The molecule has 1 aromatic heterocycles. The van der Waals surface area contributed by atoms with E-state index in [1.54, 1.807) is 6.92 Å². The second kappa shape index (κ2) is 7.34. The minimum atomic E-state index is -0.282. The Morgan fingerprint density at radius 3 is 2.74 bits per heavy atom. The standard InChI is InChI=1S/C11H19N5O3/c1-4-18-8(17)5-6-13-10-14-9(12)15-11(16-10)19-7(2)3/h7H,4-6H2,1-3H3,(H3,12,13,14,15,16). The van der Waals surface area contributed by atoms with Crippen LogP contribution < -0.4 is 15.8 Å². The van der Waals surface area contributed by atoms with Crippen molar-refractivity contribution >= 4 is 17.9 Å². The van der Waals surface area contributed by atoms with Crippen molar-refractivity contribution in [3.05, 3.63) is 0 Å². The third-order valence-electron chi connectivity index (χ3n) is 1.89. The highest BCUT2D eigenvalue weighted by Crippen LogP contribution is 2.10. The summed E-state index contributed by atoms with van der Waals surface area (Å²) in [6, 6.07) is 0.154. The highest BCUT2D eigenvalue weighted by Gasteiger charge is 2.08. The van der Waals surface area contributed by atoms with Crippen LogP contribution in [0.15, 0.2) is 0 Å². The van der Waals surface area contributed by atoms with Crippen LogP contribution in [0.5, 0.6) is 6.01 Å². The van der Waals surface area contributed by atoms with E-state index in [2.05, 4.69) is 20.3 Å². The first-order valence-electron chi connectivity index (χ1n) is 6.09. The fraction of sp³-hybridized carbons (Fsp3) is 0.636. The fourth-order valence-corrected chi connectivity index (χ4v) is 1.22. The molecule has 0 radical (unpaired) electrons. The summed E-state index contributed by atoms with van der Waals surface area (Å²) in [4.78, 5) is 22.9. The molecule has 0 aliphatic heterocycles. The topological polar surface area (TPSA) is 112 Å². The zero-order valence-corrected chi connectivity index (χ0v) is 11.3. The molecule has 0 aliphatic rings. The molecule has 0 atom stereocenters. The van der Waals surface area contributed by atoms with Gasteiger partial charge in [-0.3, -0.25) is 4.79 Å². The molecule has 3 N–H and O–H groups in total. The van der Waals surface area contributed by atoms with E-state index < -0.39 is 0 Å². The van der Waals surface area contributed by atoms with Gasteiger partial charge in [-0.2, -0.15) is 15.0 Å². The molecule has 0 fully saturated rings. The van der Waals surface area contributed by atoms with Crippen molar-refractivity contribution in [3.63, 3.8) is 0 Å². The fourth-order valence-electron chi connectivity index (χ4n) is 1.22. The summed E-state index contributed by atoms with van der Waals surface area (Å²) in [5.74, 6) is 0.0485. The minimum Gasteiger partial charge on any atom is -0.466 e. The first-order valence-corrected chi connectivity index (χ1v) is 6.09. The molecule has 0 saturated carbocycles. The van der Waals surface area contributed by atoms with E-state index in [-0.39, 0.29) is 36.4 Å². The number of carbonyl (C=O) groups is 1. The van der Waals surface area contributed by atoms with Crippen LogP contribution >= 0.6 is 0 Å². The predicted octanol–water partition coefficient (Wildman–Crippen LogP) is 0.606. The number of carbonyl (C=O) groups excluding carboxylic acids is 1. The van der Waals surface area contributed by atoms with Crippen molar-refractivity contribution < 1.29 is 14.3 Å². The molecule has 0 amide bonds. The minimum absolute atomic E-state index is 0.0595. The van der Waals surface area contributed by atoms with Crippen LogP contribution in [0.1, 0.15) is 27.2 Å². The number of ether oxygens (including phenoxy) is 2. The van der Waals surface area contributed by atoms with Crippen LogP contribution in [0.4, 0.5) is 11.9 Å². The maximum Gasteiger partial charge on any atom is 0.323 e. The number of esters is 1. The van der Waals surface area contributed by atoms with Crippen LogP contribution in [0, 0.1) is 0 Å². The summed E-state index contributed by atoms with van der Waals surface area (Å²) in [6.45, 7) is 6.18. The lowest BCUT2D eigenvalue weighted by molar-refractivity contribution is -0.142. The summed E-state index contributed by atoms with van der Waals surface area (Å²) in [6.07, 6.45) is 0.161.